The summed E-state index contributed by atoms with van der Waals surface area (Å²) in [6.07, 6.45) is 0.821. The van der Waals surface area contributed by atoms with E-state index in [9.17, 15) is 9.90 Å². The van der Waals surface area contributed by atoms with Gasteiger partial charge in [0.05, 0.1) is 6.04 Å². The molecule has 2 fully saturated rings. The number of piperidine rings is 1. The summed E-state index contributed by atoms with van der Waals surface area (Å²) in [6, 6.07) is -0.0964. The number of carbonyl (C=O) groups is 1. The number of rotatable bonds is 1. The Bertz CT molecular complexity index is 266. The molecule has 6 heteroatoms. The minimum absolute atomic E-state index is 0.0964. The minimum atomic E-state index is -0.852. The van der Waals surface area contributed by atoms with Gasteiger partial charge in [-0.15, -0.1) is 0 Å². The van der Waals surface area contributed by atoms with E-state index >= 15 is 0 Å². The predicted molar refractivity (Wildman–Crippen MR) is 60.4 cm³/mol. The van der Waals surface area contributed by atoms with Crippen LogP contribution in [0, 0.1) is 0 Å². The van der Waals surface area contributed by atoms with Crippen LogP contribution in [0.25, 0.3) is 0 Å². The summed E-state index contributed by atoms with van der Waals surface area (Å²) in [5.41, 5.74) is 6.00. The molecule has 0 aromatic heterocycles. The molecule has 2 saturated heterocycles. The summed E-state index contributed by atoms with van der Waals surface area (Å²) in [5.74, 6) is 0. The van der Waals surface area contributed by atoms with Crippen LogP contribution in [0.2, 0.25) is 0 Å². The number of hydrogen-bond donors (Lipinski definition) is 4. The molecule has 2 rings (SSSR count). The minimum Gasteiger partial charge on any atom is -0.465 e. The van der Waals surface area contributed by atoms with Crippen LogP contribution < -0.4 is 16.4 Å². The van der Waals surface area contributed by atoms with Gasteiger partial charge in [-0.3, -0.25) is 0 Å². The number of nitrogens with zero attached hydrogens (tertiary/aromatic N) is 1. The average molecular weight is 228 g/mol. The van der Waals surface area contributed by atoms with Gasteiger partial charge in [-0.1, -0.05) is 0 Å². The summed E-state index contributed by atoms with van der Waals surface area (Å²) >= 11 is 0. The largest absolute Gasteiger partial charge is 0.465 e. The number of nitrogens with one attached hydrogen (secondary N) is 2. The van der Waals surface area contributed by atoms with Gasteiger partial charge in [-0.25, -0.2) is 4.79 Å². The SMILES string of the molecule is NC1(C2CNCCN2C(=O)O)CCNCC1. The molecule has 6 nitrogen and oxygen atoms in total. The van der Waals surface area contributed by atoms with E-state index < -0.39 is 6.09 Å². The third-order valence-corrected chi connectivity index (χ3v) is 3.69. The van der Waals surface area contributed by atoms with E-state index in [1.165, 1.54) is 4.90 Å². The summed E-state index contributed by atoms with van der Waals surface area (Å²) in [4.78, 5) is 12.7. The first kappa shape index (κ1) is 11.6. The molecule has 2 aliphatic rings. The predicted octanol–water partition coefficient (Wildman–Crippen LogP) is -0.981. The van der Waals surface area contributed by atoms with Gasteiger partial charge in [0, 0.05) is 25.2 Å². The molecule has 2 heterocycles. The smallest absolute Gasteiger partial charge is 0.407 e. The van der Waals surface area contributed by atoms with E-state index in [2.05, 4.69) is 10.6 Å². The summed E-state index contributed by atoms with van der Waals surface area (Å²) in [5, 5.41) is 15.7. The van der Waals surface area contributed by atoms with E-state index in [-0.39, 0.29) is 11.6 Å². The highest BCUT2D eigenvalue weighted by Crippen LogP contribution is 2.24. The fraction of sp³-hybridized carbons (Fsp3) is 0.900. The van der Waals surface area contributed by atoms with Crippen molar-refractivity contribution in [1.29, 1.82) is 0 Å². The van der Waals surface area contributed by atoms with Gasteiger partial charge in [-0.05, 0) is 25.9 Å². The summed E-state index contributed by atoms with van der Waals surface area (Å²) < 4.78 is 0. The quantitative estimate of drug-likeness (QED) is 0.463. The highest BCUT2D eigenvalue weighted by Gasteiger charge is 2.42. The lowest BCUT2D eigenvalue weighted by Crippen LogP contribution is -2.68. The van der Waals surface area contributed by atoms with Crippen LogP contribution in [-0.2, 0) is 0 Å². The lowest BCUT2D eigenvalue weighted by atomic mass is 9.80. The second-order valence-corrected chi connectivity index (χ2v) is 4.68. The second-order valence-electron chi connectivity index (χ2n) is 4.68. The molecule has 0 saturated carbocycles. The Hall–Kier alpha value is -0.850. The normalized spacial score (nSPS) is 30.1. The number of hydrogen-bond acceptors (Lipinski definition) is 4. The number of nitrogens with two attached hydrogens (primary N) is 1. The monoisotopic (exact) mass is 228 g/mol. The van der Waals surface area contributed by atoms with Crippen molar-refractivity contribution in [3.63, 3.8) is 0 Å². The molecule has 0 spiro atoms. The molecule has 5 N–H and O–H groups in total. The van der Waals surface area contributed by atoms with Crippen molar-refractivity contribution in [2.75, 3.05) is 32.7 Å². The first-order valence-electron chi connectivity index (χ1n) is 5.83. The third kappa shape index (κ3) is 2.14. The van der Waals surface area contributed by atoms with E-state index in [4.69, 9.17) is 5.73 Å². The van der Waals surface area contributed by atoms with Gasteiger partial charge in [0.1, 0.15) is 0 Å². The molecule has 92 valence electrons. The van der Waals surface area contributed by atoms with Gasteiger partial charge in [0.25, 0.3) is 0 Å². The van der Waals surface area contributed by atoms with Crippen LogP contribution in [-0.4, -0.2) is 60.4 Å². The molecule has 0 aliphatic carbocycles. The lowest BCUT2D eigenvalue weighted by molar-refractivity contribution is 0.0674. The van der Waals surface area contributed by atoms with E-state index in [0.29, 0.717) is 13.1 Å². The molecule has 0 aromatic carbocycles. The van der Waals surface area contributed by atoms with Crippen molar-refractivity contribution < 1.29 is 9.90 Å². The summed E-state index contributed by atoms with van der Waals surface area (Å²) in [7, 11) is 0. The van der Waals surface area contributed by atoms with Crippen molar-refractivity contribution in [2.24, 2.45) is 5.73 Å². The van der Waals surface area contributed by atoms with Crippen molar-refractivity contribution in [3.05, 3.63) is 0 Å². The Morgan fingerprint density at radius 2 is 2.00 bits per heavy atom. The number of carboxylic acid groups (broad SMARTS) is 1. The maximum atomic E-state index is 11.2. The van der Waals surface area contributed by atoms with Crippen LogP contribution in [0.15, 0.2) is 0 Å². The molecule has 2 aliphatic heterocycles. The van der Waals surface area contributed by atoms with E-state index in [1.807, 2.05) is 0 Å². The van der Waals surface area contributed by atoms with Gasteiger partial charge in [-0.2, -0.15) is 0 Å². The van der Waals surface area contributed by atoms with Gasteiger partial charge >= 0.3 is 6.09 Å². The summed E-state index contributed by atoms with van der Waals surface area (Å²) in [6.45, 7) is 3.67. The van der Waals surface area contributed by atoms with Crippen molar-refractivity contribution in [2.45, 2.75) is 24.4 Å². The standard InChI is InChI=1S/C10H20N4O2/c11-10(1-3-12-4-2-10)8-7-13-5-6-14(8)9(15)16/h8,12-13H,1-7,11H2,(H,15,16). The Labute approximate surface area is 95.2 Å². The van der Waals surface area contributed by atoms with Crippen molar-refractivity contribution >= 4 is 6.09 Å². The molecule has 1 unspecified atom stereocenters. The molecular weight excluding hydrogens is 208 g/mol. The first-order valence-corrected chi connectivity index (χ1v) is 5.83. The van der Waals surface area contributed by atoms with Gasteiger partial charge in [0.15, 0.2) is 0 Å². The van der Waals surface area contributed by atoms with Crippen LogP contribution in [0.1, 0.15) is 12.8 Å². The first-order chi connectivity index (χ1) is 7.63. The number of amides is 1. The molecule has 0 radical (unpaired) electrons. The van der Waals surface area contributed by atoms with Crippen LogP contribution in [0.5, 0.6) is 0 Å². The zero-order valence-electron chi connectivity index (χ0n) is 9.41. The van der Waals surface area contributed by atoms with E-state index in [0.717, 1.165) is 32.5 Å². The van der Waals surface area contributed by atoms with Crippen molar-refractivity contribution in [1.82, 2.24) is 15.5 Å². The molecule has 0 aromatic rings. The average Bonchev–Trinajstić information content (AvgIpc) is 2.30. The van der Waals surface area contributed by atoms with Gasteiger partial charge in [0.2, 0.25) is 0 Å². The highest BCUT2D eigenvalue weighted by molar-refractivity contribution is 5.66. The molecule has 1 atom stereocenters. The molecular formula is C10H20N4O2. The third-order valence-electron chi connectivity index (χ3n) is 3.69. The van der Waals surface area contributed by atoms with Crippen LogP contribution in [0.4, 0.5) is 4.79 Å². The Morgan fingerprint density at radius 1 is 1.31 bits per heavy atom. The van der Waals surface area contributed by atoms with Crippen LogP contribution >= 0.6 is 0 Å². The lowest BCUT2D eigenvalue weighted by Gasteiger charge is -2.47. The number of piperazine rings is 1. The maximum absolute atomic E-state index is 11.2. The zero-order valence-corrected chi connectivity index (χ0v) is 9.41. The highest BCUT2D eigenvalue weighted by atomic mass is 16.4. The Balaban J connectivity index is 2.12. The Kier molecular flexibility index (Phi) is 3.32. The topological polar surface area (TPSA) is 90.6 Å². The van der Waals surface area contributed by atoms with Crippen LogP contribution in [0.3, 0.4) is 0 Å². The fourth-order valence-electron chi connectivity index (χ4n) is 2.67. The van der Waals surface area contributed by atoms with Crippen molar-refractivity contribution in [3.8, 4) is 0 Å². The molecule has 0 bridgehead atoms. The zero-order chi connectivity index (χ0) is 11.6. The second kappa shape index (κ2) is 4.57. The Morgan fingerprint density at radius 3 is 2.62 bits per heavy atom. The van der Waals surface area contributed by atoms with Gasteiger partial charge < -0.3 is 26.4 Å². The fourth-order valence-corrected chi connectivity index (χ4v) is 2.67. The molecule has 16 heavy (non-hydrogen) atoms. The molecule has 1 amide bonds. The van der Waals surface area contributed by atoms with E-state index in [1.54, 1.807) is 0 Å². The maximum Gasteiger partial charge on any atom is 0.407 e.